The number of ether oxygens (including phenoxy) is 2. The average Bonchev–Trinajstić information content (AvgIpc) is 3.53. The number of fused-ring (bicyclic) bond motifs is 2. The number of carbonyl (C=O) groups excluding carboxylic acids is 2. The first-order valence-electron chi connectivity index (χ1n) is 20.3. The molecule has 0 aromatic heterocycles. The maximum absolute atomic E-state index is 13.8. The Bertz CT molecular complexity index is 3060. The summed E-state index contributed by atoms with van der Waals surface area (Å²) in [4.78, 5) is 40.3. The molecule has 28 heteroatoms. The quantitative estimate of drug-likeness (QED) is 0.0306. The zero-order valence-corrected chi connectivity index (χ0v) is 41.0. The molecule has 4 rings (SSSR count). The van der Waals surface area contributed by atoms with Gasteiger partial charge < -0.3 is 19.5 Å². The zero-order chi connectivity index (χ0) is 51.4. The molecule has 2 aromatic carbocycles. The lowest BCUT2D eigenvalue weighted by atomic mass is 9.78. The summed E-state index contributed by atoms with van der Waals surface area (Å²) in [7, 11) is -22.7. The summed E-state index contributed by atoms with van der Waals surface area (Å²) in [5.41, 5.74) is -2.06. The molecule has 0 bridgehead atoms. The molecule has 0 aliphatic carbocycles. The molecule has 0 saturated heterocycles. The number of carboxylic acid groups (broad SMARTS) is 1. The fourth-order valence-corrected chi connectivity index (χ4v) is 10.5. The third kappa shape index (κ3) is 14.6. The van der Waals surface area contributed by atoms with Crippen molar-refractivity contribution in [1.82, 2.24) is 0 Å². The van der Waals surface area contributed by atoms with Crippen LogP contribution in [0.15, 0.2) is 65.2 Å². The third-order valence-electron chi connectivity index (χ3n) is 10.7. The Morgan fingerprint density at radius 1 is 0.632 bits per heavy atom. The van der Waals surface area contributed by atoms with Crippen molar-refractivity contribution in [3.63, 3.8) is 0 Å². The molecule has 0 radical (unpaired) electrons. The van der Waals surface area contributed by atoms with Crippen LogP contribution in [0.4, 0.5) is 11.4 Å². The lowest BCUT2D eigenvalue weighted by Gasteiger charge is -2.27. The largest absolute Gasteiger partial charge is 0.478 e. The fraction of sp³-hybridized carbons (Fsp3) is 0.450. The normalized spacial score (nSPS) is 16.7. The number of rotatable bonds is 23. The number of esters is 2. The van der Waals surface area contributed by atoms with Crippen molar-refractivity contribution in [1.29, 1.82) is 0 Å². The summed E-state index contributed by atoms with van der Waals surface area (Å²) >= 11 is 0. The van der Waals surface area contributed by atoms with E-state index in [1.54, 1.807) is 38.3 Å². The van der Waals surface area contributed by atoms with Gasteiger partial charge in [-0.1, -0.05) is 32.1 Å². The summed E-state index contributed by atoms with van der Waals surface area (Å²) in [6.07, 6.45) is 6.61. The lowest BCUT2D eigenvalue weighted by molar-refractivity contribution is -0.437. The lowest BCUT2D eigenvalue weighted by Crippen LogP contribution is -2.29. The highest BCUT2D eigenvalue weighted by Gasteiger charge is 2.48. The van der Waals surface area contributed by atoms with Crippen LogP contribution in [-0.2, 0) is 70.9 Å². The highest BCUT2D eigenvalue weighted by molar-refractivity contribution is 7.86. The molecule has 0 unspecified atom stereocenters. The van der Waals surface area contributed by atoms with Gasteiger partial charge in [0.1, 0.15) is 6.54 Å². The highest BCUT2D eigenvalue weighted by atomic mass is 32.2. The second-order valence-corrected chi connectivity index (χ2v) is 24.3. The third-order valence-corrected chi connectivity index (χ3v) is 14.8. The van der Waals surface area contributed by atoms with Crippen molar-refractivity contribution in [3.05, 3.63) is 88.2 Å². The minimum atomic E-state index is -4.94. The van der Waals surface area contributed by atoms with E-state index in [9.17, 15) is 75.2 Å². The molecular formula is C40H51N2O21S5+. The summed E-state index contributed by atoms with van der Waals surface area (Å²) < 4.78 is 175. The molecule has 2 aromatic rings. The SMILES string of the molecule is CC1(C)C(=CC=CC=CC2=[N+](CCCS(=O)(=O)O)c3cc(C(=O)OCCCS(=O)(=O)O)cc(C(=O)OCCCS(=O)(=O)O)c3C2(C)C)N(CCCS(=O)(=O)O)c2cc(S(=O)(=O)O)cc(C(=O)O)c21. The predicted octanol–water partition coefficient (Wildman–Crippen LogP) is 3.23. The molecule has 2 aliphatic heterocycles. The highest BCUT2D eigenvalue weighted by Crippen LogP contribution is 2.50. The van der Waals surface area contributed by atoms with E-state index in [4.69, 9.17) is 18.6 Å². The van der Waals surface area contributed by atoms with Crippen LogP contribution < -0.4 is 4.90 Å². The molecule has 23 nitrogen and oxygen atoms in total. The Balaban J connectivity index is 1.86. The van der Waals surface area contributed by atoms with Crippen LogP contribution in [0, 0.1) is 0 Å². The van der Waals surface area contributed by atoms with E-state index >= 15 is 0 Å². The summed E-state index contributed by atoms with van der Waals surface area (Å²) in [6, 6.07) is 4.29. The maximum atomic E-state index is 13.8. The molecule has 6 N–H and O–H groups in total. The van der Waals surface area contributed by atoms with Crippen molar-refractivity contribution < 1.29 is 98.4 Å². The minimum Gasteiger partial charge on any atom is -0.478 e. The number of allylic oxidation sites excluding steroid dienone is 6. The van der Waals surface area contributed by atoms with Crippen LogP contribution in [0.5, 0.6) is 0 Å². The number of carbonyl (C=O) groups is 3. The molecule has 0 saturated carbocycles. The number of carboxylic acids is 1. The van der Waals surface area contributed by atoms with Gasteiger partial charge in [0.15, 0.2) is 5.71 Å². The Kier molecular flexibility index (Phi) is 17.2. The van der Waals surface area contributed by atoms with E-state index in [1.165, 1.54) is 35.3 Å². The number of hydrogen-bond acceptors (Lipinski definition) is 16. The second-order valence-electron chi connectivity index (χ2n) is 16.6. The zero-order valence-electron chi connectivity index (χ0n) is 36.9. The van der Waals surface area contributed by atoms with E-state index in [2.05, 4.69) is 0 Å². The van der Waals surface area contributed by atoms with Gasteiger partial charge in [0.05, 0.1) is 68.8 Å². The van der Waals surface area contributed by atoms with Crippen molar-refractivity contribution in [2.75, 3.05) is 54.2 Å². The fourth-order valence-electron chi connectivity index (χ4n) is 7.97. The molecule has 0 spiro atoms. The van der Waals surface area contributed by atoms with Crippen LogP contribution in [0.3, 0.4) is 0 Å². The first kappa shape index (κ1) is 55.7. The molecule has 376 valence electrons. The monoisotopic (exact) mass is 1060 g/mol. The van der Waals surface area contributed by atoms with Crippen LogP contribution >= 0.6 is 0 Å². The number of benzene rings is 2. The average molecular weight is 1060 g/mol. The number of anilines is 1. The smallest absolute Gasteiger partial charge is 0.338 e. The summed E-state index contributed by atoms with van der Waals surface area (Å²) in [6.45, 7) is 5.31. The van der Waals surface area contributed by atoms with Gasteiger partial charge in [0, 0.05) is 47.5 Å². The van der Waals surface area contributed by atoms with Gasteiger partial charge in [0.2, 0.25) is 5.69 Å². The van der Waals surface area contributed by atoms with E-state index in [-0.39, 0.29) is 72.4 Å². The topological polar surface area (TPSA) is 368 Å². The molecule has 0 atom stereocenters. The van der Waals surface area contributed by atoms with Gasteiger partial charge >= 0.3 is 17.9 Å². The van der Waals surface area contributed by atoms with E-state index in [1.807, 2.05) is 0 Å². The number of aromatic carboxylic acids is 1. The van der Waals surface area contributed by atoms with Crippen LogP contribution in [0.25, 0.3) is 0 Å². The van der Waals surface area contributed by atoms with Crippen molar-refractivity contribution in [2.24, 2.45) is 0 Å². The van der Waals surface area contributed by atoms with Crippen molar-refractivity contribution >= 4 is 85.6 Å². The van der Waals surface area contributed by atoms with Crippen molar-refractivity contribution in [2.45, 2.75) is 69.1 Å². The first-order valence-corrected chi connectivity index (χ1v) is 28.1. The Morgan fingerprint density at radius 2 is 1.16 bits per heavy atom. The van der Waals surface area contributed by atoms with E-state index in [0.29, 0.717) is 11.4 Å². The Labute approximate surface area is 393 Å². The molecule has 0 amide bonds. The predicted molar refractivity (Wildman–Crippen MR) is 244 cm³/mol. The van der Waals surface area contributed by atoms with Crippen molar-refractivity contribution in [3.8, 4) is 0 Å². The summed E-state index contributed by atoms with van der Waals surface area (Å²) in [5.74, 6) is -6.52. The number of nitrogens with zero attached hydrogens (tertiary/aromatic N) is 2. The Hall–Kier alpha value is -4.91. The van der Waals surface area contributed by atoms with Gasteiger partial charge in [-0.25, -0.2) is 14.4 Å². The molecule has 2 aliphatic rings. The molecule has 0 fully saturated rings. The number of hydrogen-bond donors (Lipinski definition) is 6. The maximum Gasteiger partial charge on any atom is 0.338 e. The van der Waals surface area contributed by atoms with Gasteiger partial charge in [-0.2, -0.15) is 46.7 Å². The van der Waals surface area contributed by atoms with Crippen LogP contribution in [-0.4, -0.2) is 147 Å². The molecule has 2 heterocycles. The van der Waals surface area contributed by atoms with Gasteiger partial charge in [-0.3, -0.25) is 22.8 Å². The van der Waals surface area contributed by atoms with Crippen LogP contribution in [0.1, 0.15) is 95.6 Å². The molecular weight excluding hydrogens is 1000 g/mol. The van der Waals surface area contributed by atoms with E-state index in [0.717, 1.165) is 18.2 Å². The second kappa shape index (κ2) is 21.0. The first-order chi connectivity index (χ1) is 31.0. The Morgan fingerprint density at radius 3 is 1.69 bits per heavy atom. The standard InChI is InChI=1S/C40H50N2O21S5/c1-39(2)32(42(15-9-19-65(50,51)52)31-25-27(68(59,60)61)24-28(34(31)39)36(43)44)12-6-5-7-13-33-40(3,4)35-29(38(46)63-17-11-21-67(56,57)58)22-26(37(45)62-16-10-20-66(53,54)55)23-30(35)41(33)14-8-18-64(47,48)49/h5-7,12-13,22-25H,8-11,14-21H2,1-4H3,(H5-,43,44,47,48,49,50,51,52,53,54,55,56,57,58,59,60,61)/p+1. The van der Waals surface area contributed by atoms with Crippen LogP contribution in [0.2, 0.25) is 0 Å². The molecule has 68 heavy (non-hydrogen) atoms. The van der Waals surface area contributed by atoms with E-state index < -0.39 is 126 Å². The van der Waals surface area contributed by atoms with Gasteiger partial charge in [0.25, 0.3) is 50.6 Å². The minimum absolute atomic E-state index is 0.0312. The van der Waals surface area contributed by atoms with Gasteiger partial charge in [-0.15, -0.1) is 0 Å². The summed E-state index contributed by atoms with van der Waals surface area (Å²) in [5, 5.41) is 10.1. The van der Waals surface area contributed by atoms with Gasteiger partial charge in [-0.05, 0) is 57.4 Å².